The molecule has 0 spiro atoms. The van der Waals surface area contributed by atoms with E-state index in [9.17, 15) is 25.1 Å². The van der Waals surface area contributed by atoms with Crippen molar-refractivity contribution in [3.05, 3.63) is 130 Å². The van der Waals surface area contributed by atoms with Gasteiger partial charge < -0.3 is 38.7 Å². The molecule has 7 atom stereocenters. The lowest BCUT2D eigenvalue weighted by molar-refractivity contribution is -0.384. The number of fused-ring (bicyclic) bond motifs is 3. The number of nitro benzene ring substituents is 1. The van der Waals surface area contributed by atoms with Crippen molar-refractivity contribution in [2.45, 2.75) is 94.8 Å². The van der Waals surface area contributed by atoms with Crippen molar-refractivity contribution in [2.75, 3.05) is 38.9 Å². The lowest BCUT2D eigenvalue weighted by atomic mass is 9.55. The molecule has 4 aromatic carbocycles. The Morgan fingerprint density at radius 1 is 0.985 bits per heavy atom. The van der Waals surface area contributed by atoms with Crippen LogP contribution in [0, 0.1) is 27.9 Å². The molecule has 1 saturated heterocycles. The average molecular weight is 939 g/mol. The number of hydrogen-bond donors (Lipinski definition) is 2. The Balaban J connectivity index is 1.35. The smallest absolute Gasteiger partial charge is 0.410 e. The van der Waals surface area contributed by atoms with Gasteiger partial charge in [0.2, 0.25) is 12.1 Å². The predicted molar refractivity (Wildman–Crippen MR) is 254 cm³/mol. The summed E-state index contributed by atoms with van der Waals surface area (Å²) in [5, 5.41) is 38.7. The Morgan fingerprint density at radius 3 is 2.55 bits per heavy atom. The summed E-state index contributed by atoms with van der Waals surface area (Å²) in [5.74, 6) is -1.22. The lowest BCUT2D eigenvalue weighted by Gasteiger charge is -2.60. The zero-order valence-electron chi connectivity index (χ0n) is 37.7. The number of halogens is 1. The van der Waals surface area contributed by atoms with Gasteiger partial charge in [-0.2, -0.15) is 0 Å². The molecule has 8 rings (SSSR count). The minimum Gasteiger partial charge on any atom is -0.459 e. The third kappa shape index (κ3) is 10.6. The number of nitrogens with zero attached hydrogens (tertiary/aromatic N) is 3. The number of amides is 1. The largest absolute Gasteiger partial charge is 0.459 e. The third-order valence-electron chi connectivity index (χ3n) is 13.5. The quantitative estimate of drug-likeness (QED) is 0.0268. The number of aliphatic hydroxyl groups is 2. The number of carbonyl (C=O) groups is 1. The number of alkyl halides is 1. The van der Waals surface area contributed by atoms with Crippen LogP contribution in [0.3, 0.4) is 0 Å². The van der Waals surface area contributed by atoms with Crippen molar-refractivity contribution in [1.82, 2.24) is 4.90 Å². The van der Waals surface area contributed by atoms with E-state index in [-0.39, 0.29) is 68.7 Å². The van der Waals surface area contributed by atoms with Crippen molar-refractivity contribution in [3.63, 3.8) is 0 Å². The van der Waals surface area contributed by atoms with Gasteiger partial charge in [-0.15, -0.1) is 18.2 Å². The van der Waals surface area contributed by atoms with Crippen molar-refractivity contribution >= 4 is 39.9 Å². The molecular formula is C52H60ClN3O11. The van der Waals surface area contributed by atoms with E-state index in [1.807, 2.05) is 54.6 Å². The number of rotatable bonds is 21. The topological polar surface area (TPSA) is 172 Å². The van der Waals surface area contributed by atoms with Crippen LogP contribution in [0.1, 0.15) is 81.3 Å². The molecule has 1 saturated carbocycles. The van der Waals surface area contributed by atoms with Crippen LogP contribution in [0.5, 0.6) is 17.2 Å². The number of ether oxygens (including phenoxy) is 5. The molecule has 1 unspecified atom stereocenters. The molecule has 2 aliphatic carbocycles. The van der Waals surface area contributed by atoms with E-state index < -0.39 is 35.1 Å². The lowest BCUT2D eigenvalue weighted by Crippen LogP contribution is -2.70. The molecule has 1 amide bonds. The van der Waals surface area contributed by atoms with Gasteiger partial charge in [0.25, 0.3) is 5.69 Å². The van der Waals surface area contributed by atoms with Gasteiger partial charge in [0.1, 0.15) is 29.9 Å². The minimum absolute atomic E-state index is 0.0148. The molecule has 0 aromatic heterocycles. The highest BCUT2D eigenvalue weighted by Gasteiger charge is 2.66. The molecule has 2 aliphatic heterocycles. The first-order chi connectivity index (χ1) is 32.8. The van der Waals surface area contributed by atoms with Crippen LogP contribution in [-0.4, -0.2) is 88.9 Å². The van der Waals surface area contributed by atoms with E-state index >= 15 is 0 Å². The van der Waals surface area contributed by atoms with Crippen molar-refractivity contribution in [3.8, 4) is 17.2 Å². The summed E-state index contributed by atoms with van der Waals surface area (Å²) < 4.78 is 32.9. The Bertz CT molecular complexity index is 2420. The van der Waals surface area contributed by atoms with Gasteiger partial charge in [-0.25, -0.2) is 4.79 Å². The van der Waals surface area contributed by atoms with Crippen LogP contribution >= 0.6 is 11.6 Å². The van der Waals surface area contributed by atoms with E-state index in [2.05, 4.69) is 12.7 Å². The van der Waals surface area contributed by atoms with Crippen molar-refractivity contribution < 1.29 is 48.5 Å². The average Bonchev–Trinajstić information content (AvgIpc) is 3.35. The first-order valence-electron chi connectivity index (χ1n) is 23.5. The zero-order chi connectivity index (χ0) is 46.8. The van der Waals surface area contributed by atoms with Gasteiger partial charge >= 0.3 is 6.09 Å². The molecule has 4 aromatic rings. The Labute approximate surface area is 396 Å². The van der Waals surface area contributed by atoms with E-state index in [0.29, 0.717) is 48.8 Å². The summed E-state index contributed by atoms with van der Waals surface area (Å²) in [7, 11) is 0. The number of non-ortho nitro benzene ring substituents is 1. The second kappa shape index (κ2) is 22.5. The van der Waals surface area contributed by atoms with Crippen LogP contribution in [0.15, 0.2) is 114 Å². The molecule has 0 bridgehead atoms. The summed E-state index contributed by atoms with van der Waals surface area (Å²) >= 11 is 6.17. The summed E-state index contributed by atoms with van der Waals surface area (Å²) in [6.45, 7) is 4.88. The Morgan fingerprint density at radius 2 is 1.78 bits per heavy atom. The van der Waals surface area contributed by atoms with Crippen LogP contribution in [0.2, 0.25) is 0 Å². The van der Waals surface area contributed by atoms with E-state index in [1.54, 1.807) is 29.2 Å². The molecule has 4 aliphatic rings. The number of benzene rings is 4. The fourth-order valence-corrected chi connectivity index (χ4v) is 10.6. The van der Waals surface area contributed by atoms with Gasteiger partial charge in [-0.05, 0) is 96.5 Å². The molecule has 15 heteroatoms. The van der Waals surface area contributed by atoms with Crippen LogP contribution in [-0.2, 0) is 25.6 Å². The highest BCUT2D eigenvalue weighted by atomic mass is 35.5. The highest BCUT2D eigenvalue weighted by molar-refractivity contribution is 6.18. The molecule has 2 heterocycles. The number of oxime groups is 1. The van der Waals surface area contributed by atoms with Gasteiger partial charge in [0.05, 0.1) is 48.3 Å². The highest BCUT2D eigenvalue weighted by Crippen LogP contribution is 2.62. The van der Waals surface area contributed by atoms with E-state index in [1.165, 1.54) is 12.1 Å². The van der Waals surface area contributed by atoms with Crippen LogP contribution < -0.4 is 9.47 Å². The second-order valence-electron chi connectivity index (χ2n) is 17.6. The monoisotopic (exact) mass is 937 g/mol. The molecular weight excluding hydrogens is 878 g/mol. The third-order valence-corrected chi connectivity index (χ3v) is 13.6. The zero-order valence-corrected chi connectivity index (χ0v) is 38.5. The molecule has 2 N–H and O–H groups in total. The Hall–Kier alpha value is -5.51. The first kappa shape index (κ1) is 48.0. The van der Waals surface area contributed by atoms with Crippen molar-refractivity contribution in [1.29, 1.82) is 0 Å². The molecule has 2 fully saturated rings. The van der Waals surface area contributed by atoms with Gasteiger partial charge in [-0.1, -0.05) is 78.7 Å². The fourth-order valence-electron chi connectivity index (χ4n) is 10.5. The first-order valence-corrected chi connectivity index (χ1v) is 24.1. The predicted octanol–water partition coefficient (Wildman–Crippen LogP) is 10.6. The maximum atomic E-state index is 14.9. The van der Waals surface area contributed by atoms with Gasteiger partial charge in [0, 0.05) is 43.6 Å². The number of aliphatic hydroxyl groups excluding tert-OH is 2. The maximum absolute atomic E-state index is 14.9. The SMILES string of the molecule is C=CCO[C@@]12Oc3ccc(Oc4cccc([N+](=O)[O-])c4)cc3[C@H]3[C@H](CCCCO)[C@@H](CCCCO)C=C(C(=NOC4CCCCO4)C[C@@H]1N(Cc1cccc4ccccc14)C(=O)OCCCl)[C@H]32. The van der Waals surface area contributed by atoms with Crippen molar-refractivity contribution in [2.24, 2.45) is 22.9 Å². The maximum Gasteiger partial charge on any atom is 0.410 e. The standard InChI is InChI=1S/C52H60ClN3O11/c1-2-27-64-52-47(55(51(59)63-29-24-53)34-37-16-11-15-35-13-3-4-19-41(35)37)33-45(54-67-48-21-7-10-28-62-48)43-30-36(14-5-8-25-57)42(20-6-9-26-58)49(50(43)52)44-32-40(22-23-46(44)66-52)65-39-18-12-17-38(31-39)56(60)61/h2-4,11-13,15-19,22-23,30-32,36,42,47-50,57-58H,1,5-10,14,20-21,24-29,33-34H2/t36-,42+,47-,48?,49+,50+,52+/m0/s1. The summed E-state index contributed by atoms with van der Waals surface area (Å²) in [6.07, 6.45) is 9.71. The number of unbranched alkanes of at least 4 members (excludes halogenated alkanes) is 2. The number of nitro groups is 1. The van der Waals surface area contributed by atoms with Gasteiger partial charge in [-0.3, -0.25) is 15.0 Å². The Kier molecular flexibility index (Phi) is 16.1. The van der Waals surface area contributed by atoms with Gasteiger partial charge in [0.15, 0.2) is 0 Å². The fraction of sp³-hybridized carbons (Fsp3) is 0.462. The van der Waals surface area contributed by atoms with E-state index in [0.717, 1.165) is 66.0 Å². The molecule has 0 radical (unpaired) electrons. The number of allylic oxidation sites excluding steroid dienone is 1. The summed E-state index contributed by atoms with van der Waals surface area (Å²) in [4.78, 5) is 34.1. The number of hydrogen-bond acceptors (Lipinski definition) is 12. The summed E-state index contributed by atoms with van der Waals surface area (Å²) in [5.41, 5.74) is 3.11. The summed E-state index contributed by atoms with van der Waals surface area (Å²) in [6, 6.07) is 24.8. The molecule has 67 heavy (non-hydrogen) atoms. The normalized spacial score (nSPS) is 24.7. The molecule has 14 nitrogen and oxygen atoms in total. The van der Waals surface area contributed by atoms with Crippen LogP contribution in [0.25, 0.3) is 10.8 Å². The molecule has 356 valence electrons. The minimum atomic E-state index is -1.56. The number of carbonyl (C=O) groups excluding carboxylic acids is 1. The van der Waals surface area contributed by atoms with E-state index in [4.69, 9.17) is 45.3 Å². The van der Waals surface area contributed by atoms with Crippen LogP contribution in [0.4, 0.5) is 10.5 Å². The second-order valence-corrected chi connectivity index (χ2v) is 18.0.